The molecule has 2 aliphatic rings. The molecule has 168 valence electrons. The summed E-state index contributed by atoms with van der Waals surface area (Å²) in [4.78, 5) is 44.7. The van der Waals surface area contributed by atoms with Crippen LogP contribution in [0.25, 0.3) is 0 Å². The number of rotatable bonds is 4. The molecular weight excluding hydrogens is 428 g/mol. The van der Waals surface area contributed by atoms with Gasteiger partial charge in [0.15, 0.2) is 0 Å². The van der Waals surface area contributed by atoms with Crippen molar-refractivity contribution < 1.29 is 14.4 Å². The summed E-state index contributed by atoms with van der Waals surface area (Å²) in [5.74, 6) is -0.213. The molecule has 0 radical (unpaired) electrons. The van der Waals surface area contributed by atoms with Crippen molar-refractivity contribution in [3.8, 4) is 0 Å². The quantitative estimate of drug-likeness (QED) is 0.767. The van der Waals surface area contributed by atoms with Gasteiger partial charge in [0.05, 0.1) is 6.54 Å². The zero-order valence-corrected chi connectivity index (χ0v) is 19.0. The van der Waals surface area contributed by atoms with Crippen LogP contribution in [0.1, 0.15) is 25.8 Å². The van der Waals surface area contributed by atoms with Gasteiger partial charge in [0.1, 0.15) is 12.1 Å². The predicted molar refractivity (Wildman–Crippen MR) is 123 cm³/mol. The number of carbonyl (C=O) groups excluding carboxylic acids is 3. The summed E-state index contributed by atoms with van der Waals surface area (Å²) in [6.07, 6.45) is 0.399. The Balaban J connectivity index is 1.61. The van der Waals surface area contributed by atoms with E-state index in [2.05, 4.69) is 5.32 Å². The summed E-state index contributed by atoms with van der Waals surface area (Å²) in [6, 6.07) is 16.1. The summed E-state index contributed by atoms with van der Waals surface area (Å²) in [5, 5.41) is 3.49. The zero-order valence-electron chi connectivity index (χ0n) is 18.3. The van der Waals surface area contributed by atoms with Crippen LogP contribution in [0.4, 0.5) is 10.5 Å². The molecule has 0 saturated carbocycles. The molecule has 2 aromatic carbocycles. The first kappa shape index (κ1) is 22.1. The zero-order chi connectivity index (χ0) is 22.9. The van der Waals surface area contributed by atoms with Gasteiger partial charge in [0, 0.05) is 29.8 Å². The van der Waals surface area contributed by atoms with E-state index in [9.17, 15) is 14.4 Å². The number of amides is 4. The summed E-state index contributed by atoms with van der Waals surface area (Å²) in [6.45, 7) is 4.70. The number of nitrogens with zero attached hydrogens (tertiary/aromatic N) is 3. The molecule has 2 fully saturated rings. The van der Waals surface area contributed by atoms with E-state index in [1.54, 1.807) is 26.8 Å². The molecule has 32 heavy (non-hydrogen) atoms. The highest BCUT2D eigenvalue weighted by Gasteiger charge is 2.57. The van der Waals surface area contributed by atoms with Crippen LogP contribution in [0.5, 0.6) is 0 Å². The number of urea groups is 1. The van der Waals surface area contributed by atoms with Crippen molar-refractivity contribution in [1.82, 2.24) is 14.7 Å². The Bertz CT molecular complexity index is 1010. The first-order chi connectivity index (χ1) is 15.3. The Kier molecular flexibility index (Phi) is 6.11. The van der Waals surface area contributed by atoms with E-state index in [0.717, 1.165) is 5.56 Å². The Morgan fingerprint density at radius 2 is 1.78 bits per heavy atom. The average Bonchev–Trinajstić information content (AvgIpc) is 3.22. The third-order valence-electron chi connectivity index (χ3n) is 6.22. The van der Waals surface area contributed by atoms with Gasteiger partial charge in [-0.15, -0.1) is 0 Å². The Morgan fingerprint density at radius 3 is 2.44 bits per heavy atom. The van der Waals surface area contributed by atoms with Crippen molar-refractivity contribution in [2.24, 2.45) is 0 Å². The molecule has 4 amide bonds. The molecule has 2 heterocycles. The van der Waals surface area contributed by atoms with Crippen LogP contribution in [0.2, 0.25) is 5.02 Å². The Morgan fingerprint density at radius 1 is 1.09 bits per heavy atom. The molecule has 1 spiro atoms. The van der Waals surface area contributed by atoms with Crippen molar-refractivity contribution in [2.45, 2.75) is 38.4 Å². The Hall–Kier alpha value is -3.06. The van der Waals surface area contributed by atoms with E-state index >= 15 is 0 Å². The van der Waals surface area contributed by atoms with Crippen molar-refractivity contribution in [3.63, 3.8) is 0 Å². The van der Waals surface area contributed by atoms with Gasteiger partial charge in [-0.2, -0.15) is 0 Å². The number of halogens is 1. The maximum absolute atomic E-state index is 13.7. The molecular formula is C24H27ClN4O3. The fourth-order valence-electron chi connectivity index (χ4n) is 4.44. The van der Waals surface area contributed by atoms with Gasteiger partial charge in [-0.25, -0.2) is 4.79 Å². The van der Waals surface area contributed by atoms with Crippen molar-refractivity contribution in [2.75, 3.05) is 25.0 Å². The van der Waals surface area contributed by atoms with Crippen molar-refractivity contribution in [3.05, 3.63) is 65.2 Å². The number of carbonyl (C=O) groups is 3. The molecule has 1 N–H and O–H groups in total. The molecule has 0 bridgehead atoms. The lowest BCUT2D eigenvalue weighted by atomic mass is 9.89. The maximum Gasteiger partial charge on any atom is 0.321 e. The lowest BCUT2D eigenvalue weighted by Gasteiger charge is -2.48. The van der Waals surface area contributed by atoms with Gasteiger partial charge < -0.3 is 20.0 Å². The molecule has 7 nitrogen and oxygen atoms in total. The average molecular weight is 455 g/mol. The van der Waals surface area contributed by atoms with Gasteiger partial charge in [0.25, 0.3) is 5.91 Å². The highest BCUT2D eigenvalue weighted by Crippen LogP contribution is 2.36. The molecule has 1 atom stereocenters. The lowest BCUT2D eigenvalue weighted by Crippen LogP contribution is -2.69. The summed E-state index contributed by atoms with van der Waals surface area (Å²) < 4.78 is 0. The minimum atomic E-state index is -1.08. The number of anilines is 1. The number of nitrogens with one attached hydrogen (secondary N) is 1. The van der Waals surface area contributed by atoms with E-state index < -0.39 is 5.54 Å². The van der Waals surface area contributed by atoms with Crippen molar-refractivity contribution >= 4 is 35.1 Å². The Labute approximate surface area is 192 Å². The van der Waals surface area contributed by atoms with Crippen LogP contribution in [-0.2, 0) is 16.1 Å². The van der Waals surface area contributed by atoms with Gasteiger partial charge >= 0.3 is 6.03 Å². The third kappa shape index (κ3) is 4.17. The number of piperazine rings is 1. The lowest BCUT2D eigenvalue weighted by molar-refractivity contribution is -0.166. The van der Waals surface area contributed by atoms with Crippen LogP contribution in [0, 0.1) is 0 Å². The fourth-order valence-corrected chi connectivity index (χ4v) is 4.57. The van der Waals surface area contributed by atoms with E-state index in [0.29, 0.717) is 30.2 Å². The first-order valence-corrected chi connectivity index (χ1v) is 11.1. The van der Waals surface area contributed by atoms with E-state index in [1.165, 1.54) is 0 Å². The van der Waals surface area contributed by atoms with E-state index in [-0.39, 0.29) is 37.0 Å². The summed E-state index contributed by atoms with van der Waals surface area (Å²) in [5.41, 5.74) is 0.499. The minimum absolute atomic E-state index is 0.0437. The number of benzene rings is 2. The molecule has 2 saturated heterocycles. The second-order valence-electron chi connectivity index (χ2n) is 8.63. The highest BCUT2D eigenvalue weighted by atomic mass is 35.5. The fraction of sp³-hybridized carbons (Fsp3) is 0.375. The number of likely N-dealkylation sites (tertiary alicyclic amines) is 1. The largest absolute Gasteiger partial charge is 0.329 e. The molecule has 4 rings (SSSR count). The predicted octanol–water partition coefficient (Wildman–Crippen LogP) is 3.60. The molecule has 0 aliphatic carbocycles. The molecule has 2 aromatic rings. The molecule has 0 aromatic heterocycles. The topological polar surface area (TPSA) is 73.0 Å². The van der Waals surface area contributed by atoms with Crippen LogP contribution >= 0.6 is 11.6 Å². The van der Waals surface area contributed by atoms with Crippen molar-refractivity contribution in [1.29, 1.82) is 0 Å². The SMILES string of the molecule is CC(C)N1CC(=O)N(Cc2ccc(Cl)cc2)[C@@]2(CCN(C(=O)Nc3ccccc3)C2)C1=O. The van der Waals surface area contributed by atoms with Gasteiger partial charge in [-0.05, 0) is 50.1 Å². The van der Waals surface area contributed by atoms with Gasteiger partial charge in [-0.1, -0.05) is 41.9 Å². The summed E-state index contributed by atoms with van der Waals surface area (Å²) in [7, 11) is 0. The minimum Gasteiger partial charge on any atom is -0.329 e. The third-order valence-corrected chi connectivity index (χ3v) is 6.47. The molecule has 2 aliphatic heterocycles. The van der Waals surface area contributed by atoms with Crippen LogP contribution < -0.4 is 5.32 Å². The van der Waals surface area contributed by atoms with Crippen LogP contribution in [0.15, 0.2) is 54.6 Å². The second-order valence-corrected chi connectivity index (χ2v) is 9.07. The number of hydrogen-bond acceptors (Lipinski definition) is 3. The summed E-state index contributed by atoms with van der Waals surface area (Å²) >= 11 is 6.01. The number of hydrogen-bond donors (Lipinski definition) is 1. The van der Waals surface area contributed by atoms with Gasteiger partial charge in [0.2, 0.25) is 5.91 Å². The first-order valence-electron chi connectivity index (χ1n) is 10.8. The van der Waals surface area contributed by atoms with E-state index in [4.69, 9.17) is 11.6 Å². The standard InChI is InChI=1S/C24H27ClN4O3/c1-17(2)28-15-21(30)29(14-18-8-10-19(25)11-9-18)24(22(28)31)12-13-27(16-24)23(32)26-20-6-4-3-5-7-20/h3-11,17H,12-16H2,1-2H3,(H,26,32)/t24-/m1/s1. The molecule has 8 heteroatoms. The monoisotopic (exact) mass is 454 g/mol. The van der Waals surface area contributed by atoms with Crippen LogP contribution in [0.3, 0.4) is 0 Å². The number of para-hydroxylation sites is 1. The normalized spacial score (nSPS) is 21.1. The highest BCUT2D eigenvalue weighted by molar-refractivity contribution is 6.30. The van der Waals surface area contributed by atoms with Gasteiger partial charge in [-0.3, -0.25) is 9.59 Å². The van der Waals surface area contributed by atoms with E-state index in [1.807, 2.05) is 56.3 Å². The van der Waals surface area contributed by atoms with Crippen LogP contribution in [-0.4, -0.2) is 63.8 Å². The second kappa shape index (κ2) is 8.82. The molecule has 0 unspecified atom stereocenters. The smallest absolute Gasteiger partial charge is 0.321 e. The maximum atomic E-state index is 13.7.